The molecular weight excluding hydrogens is 444 g/mol. The van der Waals surface area contributed by atoms with E-state index < -0.39 is 30.6 Å². The molecule has 1 aliphatic rings. The van der Waals surface area contributed by atoms with Gasteiger partial charge in [-0.3, -0.25) is 4.79 Å². The normalized spacial score (nSPS) is 24.1. The van der Waals surface area contributed by atoms with Crippen molar-refractivity contribution in [2.75, 3.05) is 0 Å². The van der Waals surface area contributed by atoms with Gasteiger partial charge < -0.3 is 23.7 Å². The SMILES string of the molecule is CC(=O)O[C@@H]1OC(C)[C@@H](OCc2ccccc2)[C@H](OCc2ccccc2)C1OCc1ccccc1. The highest BCUT2D eigenvalue weighted by Gasteiger charge is 2.48. The Labute approximate surface area is 206 Å². The third-order valence-electron chi connectivity index (χ3n) is 5.87. The van der Waals surface area contributed by atoms with Gasteiger partial charge in [0.05, 0.1) is 25.9 Å². The lowest BCUT2D eigenvalue weighted by atomic mass is 9.98. The van der Waals surface area contributed by atoms with Crippen LogP contribution in [0.2, 0.25) is 0 Å². The Kier molecular flexibility index (Phi) is 9.03. The Balaban J connectivity index is 1.57. The van der Waals surface area contributed by atoms with Crippen LogP contribution in [0, 0.1) is 0 Å². The summed E-state index contributed by atoms with van der Waals surface area (Å²) in [4.78, 5) is 11.9. The van der Waals surface area contributed by atoms with Gasteiger partial charge in [-0.25, -0.2) is 0 Å². The fourth-order valence-corrected chi connectivity index (χ4v) is 4.13. The summed E-state index contributed by atoms with van der Waals surface area (Å²) in [5.41, 5.74) is 3.07. The first-order valence-electron chi connectivity index (χ1n) is 11.9. The molecule has 0 saturated carbocycles. The largest absolute Gasteiger partial charge is 0.433 e. The van der Waals surface area contributed by atoms with Gasteiger partial charge in [-0.2, -0.15) is 0 Å². The smallest absolute Gasteiger partial charge is 0.305 e. The molecule has 0 aliphatic carbocycles. The van der Waals surface area contributed by atoms with Crippen LogP contribution < -0.4 is 0 Å². The Morgan fingerprint density at radius 3 is 1.49 bits per heavy atom. The van der Waals surface area contributed by atoms with Gasteiger partial charge >= 0.3 is 5.97 Å². The monoisotopic (exact) mass is 476 g/mol. The molecule has 0 radical (unpaired) electrons. The van der Waals surface area contributed by atoms with E-state index in [-0.39, 0.29) is 6.10 Å². The number of carbonyl (C=O) groups excluding carboxylic acids is 1. The van der Waals surface area contributed by atoms with Gasteiger partial charge in [0.25, 0.3) is 0 Å². The zero-order valence-electron chi connectivity index (χ0n) is 20.1. The molecule has 6 heteroatoms. The molecule has 1 aliphatic heterocycles. The van der Waals surface area contributed by atoms with Crippen LogP contribution in [0.3, 0.4) is 0 Å². The Hall–Kier alpha value is -3.03. The van der Waals surface area contributed by atoms with Crippen molar-refractivity contribution >= 4 is 5.97 Å². The van der Waals surface area contributed by atoms with Crippen molar-refractivity contribution in [3.05, 3.63) is 108 Å². The highest BCUT2D eigenvalue weighted by atomic mass is 16.7. The summed E-state index contributed by atoms with van der Waals surface area (Å²) in [5.74, 6) is -0.444. The minimum Gasteiger partial charge on any atom is -0.433 e. The molecule has 35 heavy (non-hydrogen) atoms. The van der Waals surface area contributed by atoms with Crippen molar-refractivity contribution in [1.29, 1.82) is 0 Å². The van der Waals surface area contributed by atoms with Crippen molar-refractivity contribution in [2.45, 2.75) is 64.4 Å². The molecule has 3 aromatic carbocycles. The van der Waals surface area contributed by atoms with Gasteiger partial charge in [0.2, 0.25) is 6.29 Å². The summed E-state index contributed by atoms with van der Waals surface area (Å²) in [5, 5.41) is 0. The second-order valence-corrected chi connectivity index (χ2v) is 8.60. The molecule has 0 N–H and O–H groups in total. The van der Waals surface area contributed by atoms with Gasteiger partial charge in [-0.1, -0.05) is 91.0 Å². The van der Waals surface area contributed by atoms with Crippen LogP contribution >= 0.6 is 0 Å². The van der Waals surface area contributed by atoms with E-state index in [1.54, 1.807) is 0 Å². The zero-order chi connectivity index (χ0) is 24.5. The van der Waals surface area contributed by atoms with E-state index in [1.807, 2.05) is 97.9 Å². The maximum Gasteiger partial charge on any atom is 0.305 e. The molecule has 5 atom stereocenters. The number of rotatable bonds is 10. The van der Waals surface area contributed by atoms with Crippen LogP contribution in [-0.4, -0.2) is 36.7 Å². The van der Waals surface area contributed by atoms with Crippen LogP contribution in [-0.2, 0) is 48.3 Å². The van der Waals surface area contributed by atoms with E-state index in [9.17, 15) is 4.79 Å². The van der Waals surface area contributed by atoms with Gasteiger partial charge in [0.15, 0.2) is 0 Å². The van der Waals surface area contributed by atoms with E-state index in [0.29, 0.717) is 19.8 Å². The van der Waals surface area contributed by atoms with E-state index in [0.717, 1.165) is 16.7 Å². The second-order valence-electron chi connectivity index (χ2n) is 8.60. The number of benzene rings is 3. The van der Waals surface area contributed by atoms with Crippen molar-refractivity contribution in [2.24, 2.45) is 0 Å². The molecule has 0 bridgehead atoms. The van der Waals surface area contributed by atoms with Gasteiger partial charge in [-0.05, 0) is 23.6 Å². The molecule has 3 aromatic rings. The van der Waals surface area contributed by atoms with Crippen LogP contribution in [0.1, 0.15) is 30.5 Å². The van der Waals surface area contributed by atoms with Crippen LogP contribution in [0.25, 0.3) is 0 Å². The lowest BCUT2D eigenvalue weighted by Gasteiger charge is -2.44. The molecular formula is C29H32O6. The van der Waals surface area contributed by atoms with Crippen molar-refractivity contribution < 1.29 is 28.5 Å². The molecule has 0 amide bonds. The summed E-state index contributed by atoms with van der Waals surface area (Å²) >= 11 is 0. The third-order valence-corrected chi connectivity index (χ3v) is 5.87. The highest BCUT2D eigenvalue weighted by molar-refractivity contribution is 5.66. The maximum absolute atomic E-state index is 11.9. The summed E-state index contributed by atoms with van der Waals surface area (Å²) in [7, 11) is 0. The summed E-state index contributed by atoms with van der Waals surface area (Å²) in [6, 6.07) is 29.7. The molecule has 6 nitrogen and oxygen atoms in total. The average molecular weight is 477 g/mol. The van der Waals surface area contributed by atoms with Crippen LogP contribution in [0.4, 0.5) is 0 Å². The van der Waals surface area contributed by atoms with Crippen molar-refractivity contribution in [3.8, 4) is 0 Å². The molecule has 1 heterocycles. The number of carbonyl (C=O) groups is 1. The molecule has 184 valence electrons. The molecule has 4 rings (SSSR count). The van der Waals surface area contributed by atoms with E-state index in [4.69, 9.17) is 23.7 Å². The highest BCUT2D eigenvalue weighted by Crippen LogP contribution is 2.31. The Morgan fingerprint density at radius 1 is 0.657 bits per heavy atom. The van der Waals surface area contributed by atoms with E-state index in [2.05, 4.69) is 0 Å². The summed E-state index contributed by atoms with van der Waals surface area (Å²) in [6.45, 7) is 4.34. The second kappa shape index (κ2) is 12.6. The predicted octanol–water partition coefficient (Wildman–Crippen LogP) is 5.05. The van der Waals surface area contributed by atoms with Crippen molar-refractivity contribution in [3.63, 3.8) is 0 Å². The first-order chi connectivity index (χ1) is 17.1. The lowest BCUT2D eigenvalue weighted by molar-refractivity contribution is -0.311. The van der Waals surface area contributed by atoms with Crippen LogP contribution in [0.5, 0.6) is 0 Å². The number of ether oxygens (including phenoxy) is 5. The Bertz CT molecular complexity index is 1030. The topological polar surface area (TPSA) is 63.2 Å². The van der Waals surface area contributed by atoms with Crippen LogP contribution in [0.15, 0.2) is 91.0 Å². The Morgan fingerprint density at radius 2 is 1.06 bits per heavy atom. The maximum atomic E-state index is 11.9. The molecule has 1 saturated heterocycles. The summed E-state index contributed by atoms with van der Waals surface area (Å²) < 4.78 is 30.7. The summed E-state index contributed by atoms with van der Waals surface area (Å²) in [6.07, 6.45) is -2.95. The van der Waals surface area contributed by atoms with Gasteiger partial charge in [0.1, 0.15) is 18.3 Å². The van der Waals surface area contributed by atoms with Crippen molar-refractivity contribution in [1.82, 2.24) is 0 Å². The average Bonchev–Trinajstić information content (AvgIpc) is 2.88. The minimum absolute atomic E-state index is 0.317. The molecule has 1 fully saturated rings. The molecule has 0 spiro atoms. The fourth-order valence-electron chi connectivity index (χ4n) is 4.13. The predicted molar refractivity (Wildman–Crippen MR) is 131 cm³/mol. The number of esters is 1. The number of hydrogen-bond acceptors (Lipinski definition) is 6. The fraction of sp³-hybridized carbons (Fsp3) is 0.345. The third kappa shape index (κ3) is 7.23. The molecule has 0 aromatic heterocycles. The lowest BCUT2D eigenvalue weighted by Crippen LogP contribution is -2.60. The van der Waals surface area contributed by atoms with Gasteiger partial charge in [0, 0.05) is 6.92 Å². The number of hydrogen-bond donors (Lipinski definition) is 0. The van der Waals surface area contributed by atoms with E-state index in [1.165, 1.54) is 6.92 Å². The minimum atomic E-state index is -0.913. The van der Waals surface area contributed by atoms with E-state index >= 15 is 0 Å². The zero-order valence-corrected chi connectivity index (χ0v) is 20.1. The molecule has 2 unspecified atom stereocenters. The quantitative estimate of drug-likeness (QED) is 0.382. The van der Waals surface area contributed by atoms with Gasteiger partial charge in [-0.15, -0.1) is 0 Å². The standard InChI is InChI=1S/C29H32O6/c1-21-26(31-18-23-12-6-3-7-13-23)27(32-19-24-14-8-4-9-15-24)28(29(34-21)35-22(2)30)33-20-25-16-10-5-11-17-25/h3-17,21,26-29H,18-20H2,1-2H3/t21?,26-,27+,28?,29+/m1/s1. The first-order valence-corrected chi connectivity index (χ1v) is 11.9. The first kappa shape index (κ1) is 25.1.